The quantitative estimate of drug-likeness (QED) is 0.663. The molecule has 0 aromatic carbocycles. The molecule has 0 aliphatic heterocycles. The molecular formula is C8H16O3. The summed E-state index contributed by atoms with van der Waals surface area (Å²) in [4.78, 5) is 10.3. The van der Waals surface area contributed by atoms with Crippen LogP contribution in [0.5, 0.6) is 0 Å². The molecule has 3 nitrogen and oxygen atoms in total. The van der Waals surface area contributed by atoms with Crippen LogP contribution >= 0.6 is 0 Å². The molecule has 66 valence electrons. The van der Waals surface area contributed by atoms with Crippen molar-refractivity contribution in [3.8, 4) is 0 Å². The Kier molecular flexibility index (Phi) is 4.86. The van der Waals surface area contributed by atoms with E-state index in [-0.39, 0.29) is 18.4 Å². The standard InChI is InChI=1S/C8H16O3/c1-4-11-7(6(2)3)5-8(9)10/h6-7H,4-5H2,1-3H3,(H,9,10). The van der Waals surface area contributed by atoms with E-state index in [1.54, 1.807) is 0 Å². The number of carboxylic acid groups (broad SMARTS) is 1. The second kappa shape index (κ2) is 5.13. The number of hydrogen-bond acceptors (Lipinski definition) is 2. The number of carbonyl (C=O) groups is 1. The Bertz CT molecular complexity index is 121. The van der Waals surface area contributed by atoms with Crippen molar-refractivity contribution >= 4 is 5.97 Å². The summed E-state index contributed by atoms with van der Waals surface area (Å²) in [5, 5.41) is 8.48. The average molecular weight is 160 g/mol. The minimum absolute atomic E-state index is 0.103. The van der Waals surface area contributed by atoms with Gasteiger partial charge in [0.1, 0.15) is 0 Å². The van der Waals surface area contributed by atoms with Gasteiger partial charge < -0.3 is 9.84 Å². The molecule has 0 heterocycles. The van der Waals surface area contributed by atoms with Crippen LogP contribution in [0.4, 0.5) is 0 Å². The van der Waals surface area contributed by atoms with Gasteiger partial charge in [-0.1, -0.05) is 13.8 Å². The first-order valence-electron chi connectivity index (χ1n) is 3.91. The van der Waals surface area contributed by atoms with Gasteiger partial charge in [-0.3, -0.25) is 4.79 Å². The van der Waals surface area contributed by atoms with E-state index in [4.69, 9.17) is 9.84 Å². The highest BCUT2D eigenvalue weighted by atomic mass is 16.5. The summed E-state index contributed by atoms with van der Waals surface area (Å²) in [7, 11) is 0. The number of ether oxygens (including phenoxy) is 1. The van der Waals surface area contributed by atoms with Gasteiger partial charge in [-0.15, -0.1) is 0 Å². The highest BCUT2D eigenvalue weighted by molar-refractivity contribution is 5.67. The van der Waals surface area contributed by atoms with Crippen LogP contribution in [0.3, 0.4) is 0 Å². The molecule has 0 aromatic rings. The summed E-state index contributed by atoms with van der Waals surface area (Å²) in [6.07, 6.45) is -0.0385. The molecule has 0 aliphatic rings. The fraction of sp³-hybridized carbons (Fsp3) is 0.875. The van der Waals surface area contributed by atoms with Gasteiger partial charge in [0.25, 0.3) is 0 Å². The predicted molar refractivity (Wildman–Crippen MR) is 42.5 cm³/mol. The Morgan fingerprint density at radius 1 is 1.55 bits per heavy atom. The van der Waals surface area contributed by atoms with Crippen LogP contribution < -0.4 is 0 Å². The van der Waals surface area contributed by atoms with Gasteiger partial charge in [-0.25, -0.2) is 0 Å². The van der Waals surface area contributed by atoms with Crippen LogP contribution in [0.15, 0.2) is 0 Å². The molecule has 0 amide bonds. The van der Waals surface area contributed by atoms with Gasteiger partial charge in [-0.2, -0.15) is 0 Å². The van der Waals surface area contributed by atoms with Crippen molar-refractivity contribution in [1.82, 2.24) is 0 Å². The maximum atomic E-state index is 10.3. The zero-order valence-corrected chi connectivity index (χ0v) is 7.33. The van der Waals surface area contributed by atoms with Gasteiger partial charge in [0.05, 0.1) is 12.5 Å². The monoisotopic (exact) mass is 160 g/mol. The number of aliphatic carboxylic acids is 1. The molecule has 0 fully saturated rings. The van der Waals surface area contributed by atoms with Crippen molar-refractivity contribution in [2.45, 2.75) is 33.3 Å². The number of carboxylic acids is 1. The topological polar surface area (TPSA) is 46.5 Å². The summed E-state index contributed by atoms with van der Waals surface area (Å²) < 4.78 is 5.23. The fourth-order valence-electron chi connectivity index (χ4n) is 0.873. The zero-order valence-electron chi connectivity index (χ0n) is 7.33. The molecule has 1 N–H and O–H groups in total. The molecule has 0 bridgehead atoms. The van der Waals surface area contributed by atoms with E-state index in [1.165, 1.54) is 0 Å². The molecule has 0 saturated carbocycles. The van der Waals surface area contributed by atoms with Gasteiger partial charge in [0.15, 0.2) is 0 Å². The van der Waals surface area contributed by atoms with E-state index >= 15 is 0 Å². The Balaban J connectivity index is 3.79. The van der Waals surface area contributed by atoms with Gasteiger partial charge in [0, 0.05) is 6.61 Å². The van der Waals surface area contributed by atoms with E-state index < -0.39 is 5.97 Å². The van der Waals surface area contributed by atoms with E-state index in [0.29, 0.717) is 6.61 Å². The molecule has 0 spiro atoms. The zero-order chi connectivity index (χ0) is 8.85. The third-order valence-electron chi connectivity index (χ3n) is 1.50. The van der Waals surface area contributed by atoms with Crippen LogP contribution in [0, 0.1) is 5.92 Å². The van der Waals surface area contributed by atoms with Crippen LogP contribution in [0.1, 0.15) is 27.2 Å². The maximum Gasteiger partial charge on any atom is 0.305 e. The summed E-state index contributed by atoms with van der Waals surface area (Å²) >= 11 is 0. The number of hydrogen-bond donors (Lipinski definition) is 1. The molecule has 3 heteroatoms. The lowest BCUT2D eigenvalue weighted by molar-refractivity contribution is -0.141. The normalized spacial score (nSPS) is 13.5. The molecule has 1 unspecified atom stereocenters. The summed E-state index contributed by atoms with van der Waals surface area (Å²) in [5.74, 6) is -0.525. The molecule has 0 rings (SSSR count). The highest BCUT2D eigenvalue weighted by Gasteiger charge is 2.16. The lowest BCUT2D eigenvalue weighted by Crippen LogP contribution is -2.23. The Morgan fingerprint density at radius 3 is 2.36 bits per heavy atom. The lowest BCUT2D eigenvalue weighted by Gasteiger charge is -2.18. The molecule has 11 heavy (non-hydrogen) atoms. The molecule has 0 radical (unpaired) electrons. The van der Waals surface area contributed by atoms with Crippen molar-refractivity contribution in [1.29, 1.82) is 0 Å². The molecule has 0 saturated heterocycles. The molecular weight excluding hydrogens is 144 g/mol. The van der Waals surface area contributed by atoms with Crippen molar-refractivity contribution in [3.63, 3.8) is 0 Å². The first-order valence-corrected chi connectivity index (χ1v) is 3.91. The highest BCUT2D eigenvalue weighted by Crippen LogP contribution is 2.10. The second-order valence-corrected chi connectivity index (χ2v) is 2.84. The van der Waals surface area contributed by atoms with Crippen molar-refractivity contribution in [2.24, 2.45) is 5.92 Å². The Labute approximate surface area is 67.4 Å². The van der Waals surface area contributed by atoms with Crippen molar-refractivity contribution in [3.05, 3.63) is 0 Å². The van der Waals surface area contributed by atoms with Crippen LogP contribution in [0.25, 0.3) is 0 Å². The van der Waals surface area contributed by atoms with Gasteiger partial charge >= 0.3 is 5.97 Å². The van der Waals surface area contributed by atoms with Crippen LogP contribution in [0.2, 0.25) is 0 Å². The van der Waals surface area contributed by atoms with E-state index in [1.807, 2.05) is 20.8 Å². The smallest absolute Gasteiger partial charge is 0.305 e. The second-order valence-electron chi connectivity index (χ2n) is 2.84. The van der Waals surface area contributed by atoms with Crippen LogP contribution in [-0.4, -0.2) is 23.8 Å². The summed E-state index contributed by atoms with van der Waals surface area (Å²) in [6.45, 7) is 6.37. The average Bonchev–Trinajstić information content (AvgIpc) is 1.86. The van der Waals surface area contributed by atoms with Crippen molar-refractivity contribution in [2.75, 3.05) is 6.61 Å². The van der Waals surface area contributed by atoms with Crippen molar-refractivity contribution < 1.29 is 14.6 Å². The van der Waals surface area contributed by atoms with Gasteiger partial charge in [0.2, 0.25) is 0 Å². The van der Waals surface area contributed by atoms with E-state index in [9.17, 15) is 4.79 Å². The predicted octanol–water partition coefficient (Wildman–Crippen LogP) is 1.52. The van der Waals surface area contributed by atoms with E-state index in [2.05, 4.69) is 0 Å². The SMILES string of the molecule is CCOC(CC(=O)O)C(C)C. The molecule has 0 aromatic heterocycles. The first-order chi connectivity index (χ1) is 5.07. The Morgan fingerprint density at radius 2 is 2.09 bits per heavy atom. The maximum absolute atomic E-state index is 10.3. The number of rotatable bonds is 5. The Hall–Kier alpha value is -0.570. The van der Waals surface area contributed by atoms with Crippen LogP contribution in [-0.2, 0) is 9.53 Å². The molecule has 1 atom stereocenters. The minimum atomic E-state index is -0.794. The lowest BCUT2D eigenvalue weighted by atomic mass is 10.0. The van der Waals surface area contributed by atoms with E-state index in [0.717, 1.165) is 0 Å². The summed E-state index contributed by atoms with van der Waals surface area (Å²) in [5.41, 5.74) is 0. The minimum Gasteiger partial charge on any atom is -0.481 e. The summed E-state index contributed by atoms with van der Waals surface area (Å²) in [6, 6.07) is 0. The molecule has 0 aliphatic carbocycles. The fourth-order valence-corrected chi connectivity index (χ4v) is 0.873. The third kappa shape index (κ3) is 4.79. The van der Waals surface area contributed by atoms with Gasteiger partial charge in [-0.05, 0) is 12.8 Å². The first kappa shape index (κ1) is 10.4. The largest absolute Gasteiger partial charge is 0.481 e. The third-order valence-corrected chi connectivity index (χ3v) is 1.50.